The highest BCUT2D eigenvalue weighted by Crippen LogP contribution is 2.72. The third-order valence-corrected chi connectivity index (χ3v) is 9.87. The zero-order valence-corrected chi connectivity index (χ0v) is 22.3. The largest absolute Gasteiger partial charge is 0.506 e. The first-order valence-electron chi connectivity index (χ1n) is 13.5. The van der Waals surface area contributed by atoms with Crippen molar-refractivity contribution in [2.75, 3.05) is 5.32 Å². The number of carbonyl (C=O) groups is 3. The SMILES string of the molecule is Cc1ccc(C2=C[C@]34C[C@@H]5C[C@H](O[C@@]5(C)C3)[C@H]4[C@](C)(CCC(=O)Nc3c(O)ccc(C(=O)O)c3O)C2=O)cc1. The molecule has 6 atom stereocenters. The van der Waals surface area contributed by atoms with E-state index in [9.17, 15) is 29.7 Å². The molecule has 2 saturated heterocycles. The molecule has 4 fully saturated rings. The van der Waals surface area contributed by atoms with E-state index >= 15 is 0 Å². The fourth-order valence-corrected chi connectivity index (χ4v) is 8.22. The number of aromatic carboxylic acids is 1. The third kappa shape index (κ3) is 3.72. The highest BCUT2D eigenvalue weighted by molar-refractivity contribution is 6.24. The van der Waals surface area contributed by atoms with Crippen LogP contribution in [0.4, 0.5) is 5.69 Å². The summed E-state index contributed by atoms with van der Waals surface area (Å²) in [5, 5.41) is 32.3. The van der Waals surface area contributed by atoms with Crippen LogP contribution in [0.25, 0.3) is 5.57 Å². The number of aromatic hydroxyl groups is 2. The zero-order chi connectivity index (χ0) is 27.9. The van der Waals surface area contributed by atoms with Crippen molar-refractivity contribution < 1.29 is 34.4 Å². The molecule has 8 heteroatoms. The van der Waals surface area contributed by atoms with E-state index in [4.69, 9.17) is 4.74 Å². The second-order valence-corrected chi connectivity index (χ2v) is 12.4. The maximum atomic E-state index is 14.3. The van der Waals surface area contributed by atoms with Crippen molar-refractivity contribution in [3.8, 4) is 11.5 Å². The van der Waals surface area contributed by atoms with Gasteiger partial charge in [-0.1, -0.05) is 42.8 Å². The monoisotopic (exact) mass is 531 g/mol. The number of rotatable bonds is 6. The zero-order valence-electron chi connectivity index (χ0n) is 22.3. The van der Waals surface area contributed by atoms with Gasteiger partial charge >= 0.3 is 5.97 Å². The van der Waals surface area contributed by atoms with Gasteiger partial charge in [0.05, 0.1) is 11.7 Å². The van der Waals surface area contributed by atoms with E-state index < -0.39 is 34.4 Å². The van der Waals surface area contributed by atoms with Gasteiger partial charge in [0.2, 0.25) is 5.91 Å². The number of Topliss-reactive ketones (excluding diaryl/α,β-unsaturated/α-hetero) is 1. The number of ether oxygens (including phenoxy) is 1. The molecule has 1 spiro atoms. The summed E-state index contributed by atoms with van der Waals surface area (Å²) < 4.78 is 6.57. The Morgan fingerprint density at radius 3 is 2.49 bits per heavy atom. The fraction of sp³-hybridized carbons (Fsp3) is 0.452. The molecule has 4 N–H and O–H groups in total. The molecular formula is C31H33NO7. The summed E-state index contributed by atoms with van der Waals surface area (Å²) in [5.74, 6) is -2.70. The first-order chi connectivity index (χ1) is 18.4. The van der Waals surface area contributed by atoms with Crippen LogP contribution in [0.1, 0.15) is 67.4 Å². The molecule has 8 nitrogen and oxygen atoms in total. The maximum Gasteiger partial charge on any atom is 0.339 e. The van der Waals surface area contributed by atoms with Crippen molar-refractivity contribution in [3.05, 3.63) is 59.2 Å². The topological polar surface area (TPSA) is 133 Å². The van der Waals surface area contributed by atoms with E-state index in [-0.39, 0.29) is 47.4 Å². The summed E-state index contributed by atoms with van der Waals surface area (Å²) in [7, 11) is 0. The van der Waals surface area contributed by atoms with E-state index in [1.54, 1.807) is 0 Å². The van der Waals surface area contributed by atoms with Gasteiger partial charge in [-0.25, -0.2) is 4.79 Å². The number of aryl methyl sites for hydroxylation is 1. The Labute approximate surface area is 226 Å². The molecule has 7 rings (SSSR count). The molecule has 4 bridgehead atoms. The van der Waals surface area contributed by atoms with Crippen LogP contribution in [-0.4, -0.2) is 44.7 Å². The smallest absolute Gasteiger partial charge is 0.339 e. The number of anilines is 1. The molecule has 204 valence electrons. The summed E-state index contributed by atoms with van der Waals surface area (Å²) >= 11 is 0. The van der Waals surface area contributed by atoms with Gasteiger partial charge in [0.1, 0.15) is 17.0 Å². The number of hydrogen-bond acceptors (Lipinski definition) is 6. The van der Waals surface area contributed by atoms with E-state index in [1.807, 2.05) is 38.1 Å². The van der Waals surface area contributed by atoms with Gasteiger partial charge in [-0.15, -0.1) is 0 Å². The van der Waals surface area contributed by atoms with Crippen molar-refractivity contribution in [2.45, 2.75) is 64.6 Å². The Kier molecular flexibility index (Phi) is 5.53. The Morgan fingerprint density at radius 2 is 1.82 bits per heavy atom. The Bertz CT molecular complexity index is 1450. The number of carboxylic acids is 1. The Morgan fingerprint density at radius 1 is 1.10 bits per heavy atom. The maximum absolute atomic E-state index is 14.3. The third-order valence-electron chi connectivity index (χ3n) is 9.87. The van der Waals surface area contributed by atoms with Gasteiger partial charge in [-0.3, -0.25) is 9.59 Å². The van der Waals surface area contributed by atoms with Gasteiger partial charge in [0.15, 0.2) is 11.5 Å². The van der Waals surface area contributed by atoms with Gasteiger partial charge in [-0.2, -0.15) is 0 Å². The minimum Gasteiger partial charge on any atom is -0.506 e. The summed E-state index contributed by atoms with van der Waals surface area (Å²) in [6.07, 6.45) is 5.06. The predicted octanol–water partition coefficient (Wildman–Crippen LogP) is 5.07. The van der Waals surface area contributed by atoms with Crippen LogP contribution < -0.4 is 5.32 Å². The minimum absolute atomic E-state index is 0.00380. The first-order valence-corrected chi connectivity index (χ1v) is 13.5. The van der Waals surface area contributed by atoms with Crippen molar-refractivity contribution in [3.63, 3.8) is 0 Å². The highest BCUT2D eigenvalue weighted by Gasteiger charge is 2.72. The molecule has 39 heavy (non-hydrogen) atoms. The summed E-state index contributed by atoms with van der Waals surface area (Å²) in [6.45, 7) is 6.15. The summed E-state index contributed by atoms with van der Waals surface area (Å²) in [5.41, 5.74) is 0.637. The number of ketones is 1. The standard InChI is InChI=1S/C31H33NO7/c1-16-4-6-17(7-5-16)20-14-31-13-18-12-22(39-30(18,3)15-31)26(31)29(2,27(20)36)11-10-23(34)32-24-21(33)9-8-19(25(24)35)28(37)38/h4-9,14,18,22,26,33,35H,10-13,15H2,1-3H3,(H,32,34)(H,37,38)/t18-,22-,26-,29-,30-,31+/m0/s1. The van der Waals surface area contributed by atoms with E-state index in [2.05, 4.69) is 18.3 Å². The molecule has 3 aliphatic carbocycles. The van der Waals surface area contributed by atoms with Gasteiger partial charge < -0.3 is 25.4 Å². The highest BCUT2D eigenvalue weighted by atomic mass is 16.5. The number of allylic oxidation sites excluding steroid dienone is 2. The number of benzene rings is 2. The quantitative estimate of drug-likeness (QED) is 0.383. The molecule has 1 amide bonds. The Hall–Kier alpha value is -3.65. The normalized spacial score (nSPS) is 34.1. The number of amides is 1. The van der Waals surface area contributed by atoms with Gasteiger partial charge in [0, 0.05) is 23.3 Å². The number of nitrogens with one attached hydrogen (secondary N) is 1. The molecular weight excluding hydrogens is 498 g/mol. The molecule has 5 aliphatic rings. The van der Waals surface area contributed by atoms with Crippen LogP contribution in [0.3, 0.4) is 0 Å². The molecule has 2 aliphatic heterocycles. The average molecular weight is 532 g/mol. The lowest BCUT2D eigenvalue weighted by Crippen LogP contribution is -2.57. The van der Waals surface area contributed by atoms with Crippen molar-refractivity contribution in [2.24, 2.45) is 22.7 Å². The lowest BCUT2D eigenvalue weighted by molar-refractivity contribution is -0.168. The van der Waals surface area contributed by atoms with Crippen molar-refractivity contribution in [1.29, 1.82) is 0 Å². The predicted molar refractivity (Wildman–Crippen MR) is 143 cm³/mol. The molecule has 2 aromatic rings. The van der Waals surface area contributed by atoms with Crippen LogP contribution in [0, 0.1) is 29.6 Å². The Balaban J connectivity index is 1.32. The number of carboxylic acid groups (broad SMARTS) is 1. The van der Waals surface area contributed by atoms with Crippen molar-refractivity contribution in [1.82, 2.24) is 0 Å². The van der Waals surface area contributed by atoms with Crippen LogP contribution in [0.5, 0.6) is 11.5 Å². The second kappa shape index (κ2) is 8.42. The molecule has 0 unspecified atom stereocenters. The number of phenols is 2. The molecule has 2 heterocycles. The minimum atomic E-state index is -1.39. The molecule has 2 aromatic carbocycles. The lowest BCUT2D eigenvalue weighted by atomic mass is 9.49. The van der Waals surface area contributed by atoms with Gasteiger partial charge in [-0.05, 0) is 68.6 Å². The molecule has 2 saturated carbocycles. The van der Waals surface area contributed by atoms with E-state index in [0.29, 0.717) is 11.5 Å². The molecule has 0 aromatic heterocycles. The van der Waals surface area contributed by atoms with Crippen LogP contribution in [0.2, 0.25) is 0 Å². The lowest BCUT2D eigenvalue weighted by Gasteiger charge is -2.56. The van der Waals surface area contributed by atoms with Crippen molar-refractivity contribution >= 4 is 28.9 Å². The first kappa shape index (κ1) is 25.6. The van der Waals surface area contributed by atoms with Gasteiger partial charge in [0.25, 0.3) is 0 Å². The number of carbonyl (C=O) groups excluding carboxylic acids is 2. The van der Waals surface area contributed by atoms with Crippen LogP contribution in [-0.2, 0) is 14.3 Å². The summed E-state index contributed by atoms with van der Waals surface area (Å²) in [6, 6.07) is 10.1. The van der Waals surface area contributed by atoms with E-state index in [1.165, 1.54) is 0 Å². The summed E-state index contributed by atoms with van der Waals surface area (Å²) in [4.78, 5) is 38.8. The second-order valence-electron chi connectivity index (χ2n) is 12.4. The number of hydrogen-bond donors (Lipinski definition) is 4. The van der Waals surface area contributed by atoms with Crippen LogP contribution >= 0.6 is 0 Å². The average Bonchev–Trinajstić information content (AvgIpc) is 3.24. The number of phenolic OH excluding ortho intramolecular Hbond substituents is 1. The molecule has 0 radical (unpaired) electrons. The fourth-order valence-electron chi connectivity index (χ4n) is 8.22. The van der Waals surface area contributed by atoms with Crippen LogP contribution in [0.15, 0.2) is 42.5 Å². The van der Waals surface area contributed by atoms with E-state index in [0.717, 1.165) is 42.5 Å².